The molecule has 4 unspecified atom stereocenters. The van der Waals surface area contributed by atoms with E-state index >= 15 is 0 Å². The molecule has 0 radical (unpaired) electrons. The number of amides is 1. The second-order valence-electron chi connectivity index (χ2n) is 23.2. The molecule has 0 saturated carbocycles. The van der Waals surface area contributed by atoms with Gasteiger partial charge in [-0.2, -0.15) is 0 Å². The lowest BCUT2D eigenvalue weighted by atomic mass is 10.00. The summed E-state index contributed by atoms with van der Waals surface area (Å²) in [6, 6.07) is -1.01. The fourth-order valence-corrected chi connectivity index (χ4v) is 10.6. The van der Waals surface area contributed by atoms with Gasteiger partial charge in [0.15, 0.2) is 0 Å². The molecule has 0 fully saturated rings. The Labute approximate surface area is 462 Å². The van der Waals surface area contributed by atoms with E-state index in [0.717, 1.165) is 51.4 Å². The molecule has 6 heteroatoms. The van der Waals surface area contributed by atoms with Crippen LogP contribution in [0.5, 0.6) is 0 Å². The molecule has 0 aliphatic carbocycles. The van der Waals surface area contributed by atoms with Crippen LogP contribution in [0.2, 0.25) is 0 Å². The molecule has 0 aliphatic rings. The van der Waals surface area contributed by atoms with Gasteiger partial charge in [-0.15, -0.1) is 0 Å². The molecule has 1 amide bonds. The van der Waals surface area contributed by atoms with E-state index in [0.29, 0.717) is 19.3 Å². The van der Waals surface area contributed by atoms with Gasteiger partial charge in [-0.3, -0.25) is 4.79 Å². The predicted octanol–water partition coefficient (Wildman–Crippen LogP) is 20.3. The number of allylic oxidation sites excluding steroid dienone is 6. The smallest absolute Gasteiger partial charge is 0.249 e. The maximum absolute atomic E-state index is 12.6. The minimum absolute atomic E-state index is 0.362. The average Bonchev–Trinajstić information content (AvgIpc) is 3.41. The van der Waals surface area contributed by atoms with E-state index in [4.69, 9.17) is 0 Å². The van der Waals surface area contributed by atoms with Crippen molar-refractivity contribution >= 4 is 5.91 Å². The Kier molecular flexibility index (Phi) is 61.1. The molecular weight excluding hydrogens is 911 g/mol. The first kappa shape index (κ1) is 72.5. The highest BCUT2D eigenvalue weighted by Crippen LogP contribution is 2.19. The van der Waals surface area contributed by atoms with Crippen molar-refractivity contribution in [2.24, 2.45) is 0 Å². The van der Waals surface area contributed by atoms with Crippen molar-refractivity contribution in [3.8, 4) is 0 Å². The molecule has 438 valence electrons. The predicted molar refractivity (Wildman–Crippen MR) is 325 cm³/mol. The van der Waals surface area contributed by atoms with Gasteiger partial charge in [0.2, 0.25) is 5.91 Å². The van der Waals surface area contributed by atoms with Gasteiger partial charge in [-0.25, -0.2) is 0 Å². The zero-order valence-corrected chi connectivity index (χ0v) is 49.9. The summed E-state index contributed by atoms with van der Waals surface area (Å²) in [5, 5.41) is 44.1. The van der Waals surface area contributed by atoms with Crippen molar-refractivity contribution in [2.75, 3.05) is 6.61 Å². The maximum Gasteiger partial charge on any atom is 0.249 e. The first-order chi connectivity index (χ1) is 36.5. The average molecular weight is 1040 g/mol. The SMILES string of the molecule is CCCCCCCCCCCCCCCCCCC/C=C/CC/C=C/CC/C=C/CCCC(O)C(O)C(CO)NC(=O)C(O)CCCCCCCCCCCCCCCCCCCCCCCCCCCCCC. The molecule has 0 aromatic heterocycles. The molecule has 4 atom stereocenters. The lowest BCUT2D eigenvalue weighted by Crippen LogP contribution is -2.53. The summed E-state index contributed by atoms with van der Waals surface area (Å²) in [5.74, 6) is -0.593. The summed E-state index contributed by atoms with van der Waals surface area (Å²) in [7, 11) is 0. The summed E-state index contributed by atoms with van der Waals surface area (Å²) in [6.45, 7) is 4.09. The fourth-order valence-electron chi connectivity index (χ4n) is 10.6. The van der Waals surface area contributed by atoms with Crippen LogP contribution < -0.4 is 5.32 Å². The summed E-state index contributed by atoms with van der Waals surface area (Å²) < 4.78 is 0. The molecule has 0 aromatic rings. The molecule has 74 heavy (non-hydrogen) atoms. The lowest BCUT2D eigenvalue weighted by molar-refractivity contribution is -0.132. The van der Waals surface area contributed by atoms with E-state index in [1.165, 1.54) is 276 Å². The Balaban J connectivity index is 3.62. The van der Waals surface area contributed by atoms with Gasteiger partial charge in [-0.05, 0) is 64.2 Å². The Morgan fingerprint density at radius 1 is 0.324 bits per heavy atom. The van der Waals surface area contributed by atoms with E-state index in [9.17, 15) is 25.2 Å². The van der Waals surface area contributed by atoms with Crippen molar-refractivity contribution in [3.63, 3.8) is 0 Å². The van der Waals surface area contributed by atoms with Gasteiger partial charge in [-0.1, -0.05) is 333 Å². The molecule has 0 spiro atoms. The van der Waals surface area contributed by atoms with Crippen molar-refractivity contribution in [2.45, 2.75) is 385 Å². The Bertz CT molecular complexity index is 1170. The molecule has 0 aliphatic heterocycles. The minimum atomic E-state index is -1.29. The molecule has 0 aromatic carbocycles. The third kappa shape index (κ3) is 55.3. The Morgan fingerprint density at radius 3 is 0.851 bits per heavy atom. The molecule has 5 N–H and O–H groups in total. The minimum Gasteiger partial charge on any atom is -0.394 e. The Hall–Kier alpha value is -1.47. The van der Waals surface area contributed by atoms with E-state index in [1.54, 1.807) is 0 Å². The summed E-state index contributed by atoms with van der Waals surface area (Å²) >= 11 is 0. The summed E-state index contributed by atoms with van der Waals surface area (Å²) in [4.78, 5) is 12.6. The van der Waals surface area contributed by atoms with Crippen molar-refractivity contribution < 1.29 is 25.2 Å². The second kappa shape index (κ2) is 62.4. The van der Waals surface area contributed by atoms with Gasteiger partial charge in [0.1, 0.15) is 12.2 Å². The van der Waals surface area contributed by atoms with Crippen LogP contribution in [-0.2, 0) is 4.79 Å². The highest BCUT2D eigenvalue weighted by atomic mass is 16.3. The number of rotatable bonds is 62. The van der Waals surface area contributed by atoms with Crippen LogP contribution in [0.15, 0.2) is 36.5 Å². The third-order valence-corrected chi connectivity index (χ3v) is 15.8. The van der Waals surface area contributed by atoms with Crippen LogP contribution in [0.4, 0.5) is 0 Å². The van der Waals surface area contributed by atoms with Gasteiger partial charge < -0.3 is 25.7 Å². The van der Waals surface area contributed by atoms with E-state index in [2.05, 4.69) is 55.6 Å². The number of unbranched alkanes of at least 4 members (excludes halogenated alkanes) is 47. The van der Waals surface area contributed by atoms with Gasteiger partial charge in [0, 0.05) is 0 Å². The van der Waals surface area contributed by atoms with Crippen LogP contribution in [-0.4, -0.2) is 57.3 Å². The largest absolute Gasteiger partial charge is 0.394 e. The standard InChI is InChI=1S/C68H131NO5/c1-3-5-7-9-11-13-15-17-19-21-23-25-27-29-31-33-34-36-37-39-41-43-45-47-49-51-53-55-57-59-61-65(71)67(73)64(63-70)69-68(74)66(72)62-60-58-56-54-52-50-48-46-44-42-40-38-35-32-30-28-26-24-22-20-18-16-14-12-10-8-6-4-2/h37,39,45,47,53,55,64-67,70-73H,3-36,38,40-44,46,48-52,54,56-63H2,1-2H3,(H,69,74)/b39-37+,47-45+,55-53+. The third-order valence-electron chi connectivity index (χ3n) is 15.8. The van der Waals surface area contributed by atoms with Crippen molar-refractivity contribution in [1.82, 2.24) is 5.32 Å². The van der Waals surface area contributed by atoms with Crippen LogP contribution in [0.1, 0.15) is 361 Å². The Morgan fingerprint density at radius 2 is 0.568 bits per heavy atom. The fraction of sp³-hybridized carbons (Fsp3) is 0.897. The van der Waals surface area contributed by atoms with Gasteiger partial charge in [0.05, 0.1) is 18.8 Å². The summed E-state index contributed by atoms with van der Waals surface area (Å²) in [6.07, 6.45) is 79.8. The van der Waals surface area contributed by atoms with E-state index in [1.807, 2.05) is 0 Å². The van der Waals surface area contributed by atoms with Crippen LogP contribution >= 0.6 is 0 Å². The maximum atomic E-state index is 12.6. The van der Waals surface area contributed by atoms with Gasteiger partial charge in [0.25, 0.3) is 0 Å². The number of carbonyl (C=O) groups is 1. The zero-order chi connectivity index (χ0) is 53.7. The van der Waals surface area contributed by atoms with E-state index in [-0.39, 0.29) is 0 Å². The highest BCUT2D eigenvalue weighted by Gasteiger charge is 2.28. The number of hydrogen-bond acceptors (Lipinski definition) is 5. The number of aliphatic hydroxyl groups excluding tert-OH is 4. The summed E-state index contributed by atoms with van der Waals surface area (Å²) in [5.41, 5.74) is 0. The topological polar surface area (TPSA) is 110 Å². The number of aliphatic hydroxyl groups is 4. The van der Waals surface area contributed by atoms with Crippen LogP contribution in [0, 0.1) is 0 Å². The molecule has 0 heterocycles. The monoisotopic (exact) mass is 1040 g/mol. The highest BCUT2D eigenvalue weighted by molar-refractivity contribution is 5.80. The lowest BCUT2D eigenvalue weighted by Gasteiger charge is -2.27. The first-order valence-corrected chi connectivity index (χ1v) is 33.4. The molecule has 6 nitrogen and oxygen atoms in total. The molecular formula is C68H131NO5. The quantitative estimate of drug-likeness (QED) is 0.0308. The van der Waals surface area contributed by atoms with Crippen molar-refractivity contribution in [1.29, 1.82) is 0 Å². The second-order valence-corrected chi connectivity index (χ2v) is 23.2. The van der Waals surface area contributed by atoms with E-state index < -0.39 is 36.9 Å². The number of carbonyl (C=O) groups excluding carboxylic acids is 1. The normalized spacial score (nSPS) is 13.8. The van der Waals surface area contributed by atoms with Crippen LogP contribution in [0.25, 0.3) is 0 Å². The van der Waals surface area contributed by atoms with Crippen molar-refractivity contribution in [3.05, 3.63) is 36.5 Å². The number of hydrogen-bond donors (Lipinski definition) is 5. The molecule has 0 rings (SSSR count). The first-order valence-electron chi connectivity index (χ1n) is 33.4. The zero-order valence-electron chi connectivity index (χ0n) is 49.9. The molecule has 0 saturated heterocycles. The molecule has 0 bridgehead atoms. The van der Waals surface area contributed by atoms with Gasteiger partial charge >= 0.3 is 0 Å². The number of nitrogens with one attached hydrogen (secondary N) is 1. The van der Waals surface area contributed by atoms with Crippen LogP contribution in [0.3, 0.4) is 0 Å².